The molecule has 6 heteroatoms. The molecule has 0 radical (unpaired) electrons. The number of benzene rings is 2. The van der Waals surface area contributed by atoms with E-state index in [9.17, 15) is 14.4 Å². The molecule has 0 unspecified atom stereocenters. The van der Waals surface area contributed by atoms with Gasteiger partial charge in [0.1, 0.15) is 6.04 Å². The van der Waals surface area contributed by atoms with Crippen molar-refractivity contribution in [1.29, 1.82) is 0 Å². The highest BCUT2D eigenvalue weighted by molar-refractivity contribution is 7.98. The maximum absolute atomic E-state index is 12.8. The topological polar surface area (TPSA) is 66.5 Å². The van der Waals surface area contributed by atoms with Gasteiger partial charge in [-0.1, -0.05) is 30.3 Å². The van der Waals surface area contributed by atoms with E-state index in [-0.39, 0.29) is 5.91 Å². The molecule has 3 rings (SSSR count). The summed E-state index contributed by atoms with van der Waals surface area (Å²) in [7, 11) is 0. The van der Waals surface area contributed by atoms with Crippen molar-refractivity contribution >= 4 is 35.2 Å². The van der Waals surface area contributed by atoms with Crippen molar-refractivity contribution in [3.8, 4) is 0 Å². The van der Waals surface area contributed by atoms with Gasteiger partial charge < -0.3 is 5.32 Å². The second kappa shape index (κ2) is 7.53. The predicted molar refractivity (Wildman–Crippen MR) is 98.8 cm³/mol. The number of nitrogens with one attached hydrogen (secondary N) is 1. The van der Waals surface area contributed by atoms with Crippen LogP contribution < -0.4 is 5.32 Å². The van der Waals surface area contributed by atoms with Crippen LogP contribution in [0.4, 0.5) is 5.69 Å². The van der Waals surface area contributed by atoms with Crippen molar-refractivity contribution in [1.82, 2.24) is 4.90 Å². The third kappa shape index (κ3) is 3.44. The van der Waals surface area contributed by atoms with Crippen molar-refractivity contribution < 1.29 is 14.4 Å². The van der Waals surface area contributed by atoms with E-state index in [0.717, 1.165) is 4.90 Å². The fourth-order valence-corrected chi connectivity index (χ4v) is 3.30. The molecule has 1 N–H and O–H groups in total. The van der Waals surface area contributed by atoms with Gasteiger partial charge in [0, 0.05) is 5.69 Å². The van der Waals surface area contributed by atoms with Gasteiger partial charge in [-0.15, -0.1) is 0 Å². The van der Waals surface area contributed by atoms with Gasteiger partial charge in [0.2, 0.25) is 5.91 Å². The Balaban J connectivity index is 1.87. The lowest BCUT2D eigenvalue weighted by Gasteiger charge is -2.25. The smallest absolute Gasteiger partial charge is 0.262 e. The lowest BCUT2D eigenvalue weighted by Crippen LogP contribution is -2.47. The van der Waals surface area contributed by atoms with Gasteiger partial charge in [-0.05, 0) is 42.7 Å². The summed E-state index contributed by atoms with van der Waals surface area (Å²) in [6.45, 7) is 0. The maximum atomic E-state index is 12.8. The summed E-state index contributed by atoms with van der Waals surface area (Å²) in [5.41, 5.74) is 1.35. The number of nitrogens with zero attached hydrogens (tertiary/aromatic N) is 1. The molecule has 3 amide bonds. The van der Waals surface area contributed by atoms with Crippen LogP contribution in [0.1, 0.15) is 27.1 Å². The number of imide groups is 1. The molecule has 0 fully saturated rings. The Bertz CT molecular complexity index is 772. The van der Waals surface area contributed by atoms with E-state index in [2.05, 4.69) is 5.32 Å². The van der Waals surface area contributed by atoms with Crippen LogP contribution in [-0.2, 0) is 4.79 Å². The molecule has 0 saturated carbocycles. The number of para-hydroxylation sites is 1. The zero-order valence-corrected chi connectivity index (χ0v) is 14.6. The third-order valence-electron chi connectivity index (χ3n) is 4.08. The molecule has 2 aromatic rings. The Morgan fingerprint density at radius 1 is 1.00 bits per heavy atom. The summed E-state index contributed by atoms with van der Waals surface area (Å²) in [5, 5.41) is 2.80. The summed E-state index contributed by atoms with van der Waals surface area (Å²) in [6.07, 6.45) is 2.33. The van der Waals surface area contributed by atoms with Crippen LogP contribution in [0.25, 0.3) is 0 Å². The molecule has 0 saturated heterocycles. The summed E-state index contributed by atoms with van der Waals surface area (Å²) < 4.78 is 0. The van der Waals surface area contributed by atoms with Crippen LogP contribution in [0.2, 0.25) is 0 Å². The predicted octanol–water partition coefficient (Wildman–Crippen LogP) is 3.04. The summed E-state index contributed by atoms with van der Waals surface area (Å²) in [4.78, 5) is 39.3. The quantitative estimate of drug-likeness (QED) is 0.810. The van der Waals surface area contributed by atoms with E-state index in [1.54, 1.807) is 48.2 Å². The first-order valence-electron chi connectivity index (χ1n) is 7.95. The standard InChI is InChI=1S/C19H18N2O3S/c1-25-12-11-16(17(22)20-13-7-3-2-4-8-13)21-18(23)14-9-5-6-10-15(14)19(21)24/h2-10,16H,11-12H2,1H3,(H,20,22)/t16-/m1/s1. The molecule has 0 aromatic heterocycles. The van der Waals surface area contributed by atoms with Crippen molar-refractivity contribution in [3.05, 3.63) is 65.7 Å². The van der Waals surface area contributed by atoms with Gasteiger partial charge in [0.05, 0.1) is 11.1 Å². The van der Waals surface area contributed by atoms with Gasteiger partial charge in [0.25, 0.3) is 11.8 Å². The Hall–Kier alpha value is -2.60. The zero-order chi connectivity index (χ0) is 17.8. The fraction of sp³-hybridized carbons (Fsp3) is 0.211. The monoisotopic (exact) mass is 354 g/mol. The number of carbonyl (C=O) groups is 3. The fourth-order valence-electron chi connectivity index (χ4n) is 2.84. The molecule has 128 valence electrons. The van der Waals surface area contributed by atoms with Crippen LogP contribution in [0.15, 0.2) is 54.6 Å². The lowest BCUT2D eigenvalue weighted by molar-refractivity contribution is -0.120. The number of hydrogen-bond acceptors (Lipinski definition) is 4. The minimum atomic E-state index is -0.833. The number of anilines is 1. The molecular formula is C19H18N2O3S. The highest BCUT2D eigenvalue weighted by Crippen LogP contribution is 2.26. The summed E-state index contributed by atoms with van der Waals surface area (Å²) in [5.74, 6) is -0.500. The number of fused-ring (bicyclic) bond motifs is 1. The second-order valence-electron chi connectivity index (χ2n) is 5.68. The number of hydrogen-bond donors (Lipinski definition) is 1. The van der Waals surface area contributed by atoms with Crippen molar-refractivity contribution in [2.45, 2.75) is 12.5 Å². The van der Waals surface area contributed by atoms with E-state index in [1.165, 1.54) is 0 Å². The first-order valence-corrected chi connectivity index (χ1v) is 9.34. The number of amides is 3. The van der Waals surface area contributed by atoms with Crippen molar-refractivity contribution in [3.63, 3.8) is 0 Å². The molecule has 1 aliphatic heterocycles. The van der Waals surface area contributed by atoms with Gasteiger partial charge in [-0.2, -0.15) is 11.8 Å². The van der Waals surface area contributed by atoms with Gasteiger partial charge in [-0.3, -0.25) is 19.3 Å². The third-order valence-corrected chi connectivity index (χ3v) is 4.72. The Morgan fingerprint density at radius 3 is 2.12 bits per heavy atom. The molecule has 2 aromatic carbocycles. The first kappa shape index (κ1) is 17.2. The molecule has 0 bridgehead atoms. The maximum Gasteiger partial charge on any atom is 0.262 e. The zero-order valence-electron chi connectivity index (χ0n) is 13.8. The van der Waals surface area contributed by atoms with Crippen LogP contribution >= 0.6 is 11.8 Å². The van der Waals surface area contributed by atoms with Crippen molar-refractivity contribution in [2.75, 3.05) is 17.3 Å². The minimum absolute atomic E-state index is 0.352. The molecule has 1 atom stereocenters. The molecule has 0 spiro atoms. The Labute approximate surface area is 150 Å². The number of rotatable bonds is 6. The number of carbonyl (C=O) groups excluding carboxylic acids is 3. The van der Waals surface area contributed by atoms with E-state index < -0.39 is 17.9 Å². The van der Waals surface area contributed by atoms with E-state index in [1.807, 2.05) is 24.5 Å². The van der Waals surface area contributed by atoms with Crippen LogP contribution in [0.5, 0.6) is 0 Å². The lowest BCUT2D eigenvalue weighted by atomic mass is 10.1. The van der Waals surface area contributed by atoms with Crippen molar-refractivity contribution in [2.24, 2.45) is 0 Å². The highest BCUT2D eigenvalue weighted by atomic mass is 32.2. The SMILES string of the molecule is CSCC[C@H](C(=O)Nc1ccccc1)N1C(=O)c2ccccc2C1=O. The average molecular weight is 354 g/mol. The number of thioether (sulfide) groups is 1. The molecule has 5 nitrogen and oxygen atoms in total. The van der Waals surface area contributed by atoms with E-state index >= 15 is 0 Å². The normalized spacial score (nSPS) is 14.4. The van der Waals surface area contributed by atoms with Gasteiger partial charge in [-0.25, -0.2) is 0 Å². The Kier molecular flexibility index (Phi) is 5.19. The van der Waals surface area contributed by atoms with E-state index in [4.69, 9.17) is 0 Å². The summed E-state index contributed by atoms with van der Waals surface area (Å²) in [6, 6.07) is 14.9. The Morgan fingerprint density at radius 2 is 1.56 bits per heavy atom. The molecule has 1 aliphatic rings. The largest absolute Gasteiger partial charge is 0.324 e. The first-order chi connectivity index (χ1) is 12.1. The minimum Gasteiger partial charge on any atom is -0.324 e. The average Bonchev–Trinajstić information content (AvgIpc) is 2.88. The van der Waals surface area contributed by atoms with E-state index in [0.29, 0.717) is 29.0 Å². The van der Waals surface area contributed by atoms with Gasteiger partial charge >= 0.3 is 0 Å². The molecular weight excluding hydrogens is 336 g/mol. The highest BCUT2D eigenvalue weighted by Gasteiger charge is 2.42. The summed E-state index contributed by atoms with van der Waals surface area (Å²) >= 11 is 1.57. The van der Waals surface area contributed by atoms with Crippen LogP contribution in [0, 0.1) is 0 Å². The second-order valence-corrected chi connectivity index (χ2v) is 6.66. The van der Waals surface area contributed by atoms with Crippen LogP contribution in [-0.4, -0.2) is 40.7 Å². The van der Waals surface area contributed by atoms with Crippen LogP contribution in [0.3, 0.4) is 0 Å². The van der Waals surface area contributed by atoms with Gasteiger partial charge in [0.15, 0.2) is 0 Å². The molecule has 25 heavy (non-hydrogen) atoms. The molecule has 1 heterocycles. The molecule has 0 aliphatic carbocycles.